The Bertz CT molecular complexity index is 610. The number of ether oxygens (including phenoxy) is 1. The van der Waals surface area contributed by atoms with Crippen molar-refractivity contribution in [2.75, 3.05) is 13.7 Å². The van der Waals surface area contributed by atoms with Gasteiger partial charge >= 0.3 is 6.03 Å². The van der Waals surface area contributed by atoms with E-state index in [0.29, 0.717) is 13.1 Å². The van der Waals surface area contributed by atoms with E-state index in [1.807, 2.05) is 44.2 Å². The first kappa shape index (κ1) is 16.9. The minimum absolute atomic E-state index is 0.0352. The highest BCUT2D eigenvalue weighted by Crippen LogP contribution is 2.14. The lowest BCUT2D eigenvalue weighted by Crippen LogP contribution is -2.44. The van der Waals surface area contributed by atoms with Gasteiger partial charge in [0.15, 0.2) is 0 Å². The van der Waals surface area contributed by atoms with Gasteiger partial charge in [-0.05, 0) is 44.0 Å². The average Bonchev–Trinajstić information content (AvgIpc) is 3.05. The molecule has 0 aliphatic carbocycles. The number of hydrogen-bond donors (Lipinski definition) is 1. The van der Waals surface area contributed by atoms with Crippen LogP contribution in [0, 0.1) is 0 Å². The van der Waals surface area contributed by atoms with Crippen LogP contribution in [0.2, 0.25) is 0 Å². The quantitative estimate of drug-likeness (QED) is 0.851. The molecule has 1 heterocycles. The van der Waals surface area contributed by atoms with Gasteiger partial charge in [-0.1, -0.05) is 12.1 Å². The minimum Gasteiger partial charge on any atom is -0.497 e. The molecule has 0 fully saturated rings. The fourth-order valence-corrected chi connectivity index (χ4v) is 2.44. The molecule has 0 bridgehead atoms. The summed E-state index contributed by atoms with van der Waals surface area (Å²) in [5, 5.41) is 3.04. The van der Waals surface area contributed by atoms with Gasteiger partial charge in [-0.25, -0.2) is 4.79 Å². The second-order valence-electron chi connectivity index (χ2n) is 5.55. The van der Waals surface area contributed by atoms with Gasteiger partial charge in [0.1, 0.15) is 5.75 Å². The summed E-state index contributed by atoms with van der Waals surface area (Å²) in [5.41, 5.74) is 2.12. The summed E-state index contributed by atoms with van der Waals surface area (Å²) in [6.07, 6.45) is 4.04. The maximum absolute atomic E-state index is 12.4. The standard InChI is InChI=1S/C18H24N2O3/c1-4-20(12-16-8-9-23-13-16)18(21)19-14(2)10-15-6-5-7-17(11-15)22-3/h5-9,11,13-14H,4,10,12H2,1-3H3,(H,19,21)/t14-/m0/s1. The molecule has 23 heavy (non-hydrogen) atoms. The Morgan fingerprint density at radius 3 is 2.83 bits per heavy atom. The van der Waals surface area contributed by atoms with Crippen molar-refractivity contribution >= 4 is 6.03 Å². The molecular weight excluding hydrogens is 292 g/mol. The largest absolute Gasteiger partial charge is 0.497 e. The van der Waals surface area contributed by atoms with Crippen LogP contribution in [0.25, 0.3) is 0 Å². The van der Waals surface area contributed by atoms with E-state index in [2.05, 4.69) is 5.32 Å². The number of rotatable bonds is 7. The maximum Gasteiger partial charge on any atom is 0.317 e. The monoisotopic (exact) mass is 316 g/mol. The third-order valence-corrected chi connectivity index (χ3v) is 3.67. The van der Waals surface area contributed by atoms with Crippen molar-refractivity contribution in [2.45, 2.75) is 32.9 Å². The fourth-order valence-electron chi connectivity index (χ4n) is 2.44. The van der Waals surface area contributed by atoms with Crippen LogP contribution in [0.3, 0.4) is 0 Å². The van der Waals surface area contributed by atoms with Crippen LogP contribution in [0.15, 0.2) is 47.3 Å². The highest BCUT2D eigenvalue weighted by Gasteiger charge is 2.15. The second-order valence-corrected chi connectivity index (χ2v) is 5.55. The van der Waals surface area contributed by atoms with E-state index >= 15 is 0 Å². The van der Waals surface area contributed by atoms with Gasteiger partial charge in [0.2, 0.25) is 0 Å². The molecular formula is C18H24N2O3. The maximum atomic E-state index is 12.4. The molecule has 0 aliphatic rings. The molecule has 5 heteroatoms. The number of nitrogens with zero attached hydrogens (tertiary/aromatic N) is 1. The lowest BCUT2D eigenvalue weighted by atomic mass is 10.1. The van der Waals surface area contributed by atoms with Gasteiger partial charge in [0.25, 0.3) is 0 Å². The molecule has 2 amide bonds. The third kappa shape index (κ3) is 5.06. The number of urea groups is 1. The van der Waals surface area contributed by atoms with Crippen LogP contribution in [-0.2, 0) is 13.0 Å². The predicted molar refractivity (Wildman–Crippen MR) is 89.5 cm³/mol. The van der Waals surface area contributed by atoms with E-state index in [1.165, 1.54) is 0 Å². The molecule has 1 aromatic heterocycles. The van der Waals surface area contributed by atoms with Gasteiger partial charge in [0.05, 0.1) is 26.2 Å². The van der Waals surface area contributed by atoms with Crippen molar-refractivity contribution < 1.29 is 13.9 Å². The van der Waals surface area contributed by atoms with Crippen LogP contribution < -0.4 is 10.1 Å². The topological polar surface area (TPSA) is 54.7 Å². The zero-order chi connectivity index (χ0) is 16.7. The highest BCUT2D eigenvalue weighted by molar-refractivity contribution is 5.74. The predicted octanol–water partition coefficient (Wildman–Crippen LogP) is 3.45. The molecule has 0 aliphatic heterocycles. The van der Waals surface area contributed by atoms with E-state index in [9.17, 15) is 4.79 Å². The van der Waals surface area contributed by atoms with Gasteiger partial charge < -0.3 is 19.4 Å². The Morgan fingerprint density at radius 1 is 1.35 bits per heavy atom. The highest BCUT2D eigenvalue weighted by atomic mass is 16.5. The number of carbonyl (C=O) groups excluding carboxylic acids is 1. The van der Waals surface area contributed by atoms with Crippen molar-refractivity contribution in [1.29, 1.82) is 0 Å². The fraction of sp³-hybridized carbons (Fsp3) is 0.389. The van der Waals surface area contributed by atoms with Crippen LogP contribution in [0.4, 0.5) is 4.79 Å². The summed E-state index contributed by atoms with van der Waals surface area (Å²) in [4.78, 5) is 14.1. The summed E-state index contributed by atoms with van der Waals surface area (Å²) >= 11 is 0. The SMILES string of the molecule is CCN(Cc1ccoc1)C(=O)N[C@@H](C)Cc1cccc(OC)c1. The summed E-state index contributed by atoms with van der Waals surface area (Å²) in [7, 11) is 1.65. The first-order valence-corrected chi connectivity index (χ1v) is 7.81. The molecule has 1 N–H and O–H groups in total. The normalized spacial score (nSPS) is 11.8. The first-order valence-electron chi connectivity index (χ1n) is 7.81. The summed E-state index contributed by atoms with van der Waals surface area (Å²) in [6.45, 7) is 5.16. The number of nitrogens with one attached hydrogen (secondary N) is 1. The van der Waals surface area contributed by atoms with Gasteiger partial charge in [-0.2, -0.15) is 0 Å². The lowest BCUT2D eigenvalue weighted by Gasteiger charge is -2.23. The van der Waals surface area contributed by atoms with E-state index in [-0.39, 0.29) is 12.1 Å². The van der Waals surface area contributed by atoms with Crippen molar-refractivity contribution in [2.24, 2.45) is 0 Å². The molecule has 0 radical (unpaired) electrons. The molecule has 0 saturated heterocycles. The van der Waals surface area contributed by atoms with Crippen LogP contribution in [-0.4, -0.2) is 30.6 Å². The third-order valence-electron chi connectivity index (χ3n) is 3.67. The Morgan fingerprint density at radius 2 is 2.17 bits per heavy atom. The molecule has 0 saturated carbocycles. The minimum atomic E-state index is -0.0657. The smallest absolute Gasteiger partial charge is 0.317 e. The van der Waals surface area contributed by atoms with E-state index < -0.39 is 0 Å². The number of benzene rings is 1. The number of amides is 2. The van der Waals surface area contributed by atoms with Crippen LogP contribution in [0.5, 0.6) is 5.75 Å². The number of furan rings is 1. The van der Waals surface area contributed by atoms with Crippen LogP contribution >= 0.6 is 0 Å². The summed E-state index contributed by atoms with van der Waals surface area (Å²) in [6, 6.07) is 9.74. The van der Waals surface area contributed by atoms with Gasteiger partial charge in [0, 0.05) is 18.2 Å². The van der Waals surface area contributed by atoms with Gasteiger partial charge in [-0.3, -0.25) is 0 Å². The molecule has 2 aromatic rings. The molecule has 1 aromatic carbocycles. The average molecular weight is 316 g/mol. The van der Waals surface area contributed by atoms with Crippen molar-refractivity contribution in [1.82, 2.24) is 10.2 Å². The van der Waals surface area contributed by atoms with Crippen molar-refractivity contribution in [3.05, 3.63) is 54.0 Å². The number of methoxy groups -OCH3 is 1. The molecule has 5 nitrogen and oxygen atoms in total. The zero-order valence-electron chi connectivity index (χ0n) is 13.9. The van der Waals surface area contributed by atoms with E-state index in [1.54, 1.807) is 24.5 Å². The van der Waals surface area contributed by atoms with Crippen LogP contribution in [0.1, 0.15) is 25.0 Å². The summed E-state index contributed by atoms with van der Waals surface area (Å²) in [5.74, 6) is 0.830. The van der Waals surface area contributed by atoms with Crippen molar-refractivity contribution in [3.63, 3.8) is 0 Å². The first-order chi connectivity index (χ1) is 11.1. The number of hydrogen-bond acceptors (Lipinski definition) is 3. The second kappa shape index (κ2) is 8.27. The van der Waals surface area contributed by atoms with E-state index in [4.69, 9.17) is 9.15 Å². The van der Waals surface area contributed by atoms with E-state index in [0.717, 1.165) is 23.3 Å². The Labute approximate surface area is 137 Å². The molecule has 124 valence electrons. The Kier molecular flexibility index (Phi) is 6.09. The molecule has 0 spiro atoms. The van der Waals surface area contributed by atoms with Gasteiger partial charge in [-0.15, -0.1) is 0 Å². The Hall–Kier alpha value is -2.43. The zero-order valence-corrected chi connectivity index (χ0v) is 13.9. The molecule has 0 unspecified atom stereocenters. The lowest BCUT2D eigenvalue weighted by molar-refractivity contribution is 0.194. The molecule has 2 rings (SSSR count). The summed E-state index contributed by atoms with van der Waals surface area (Å²) < 4.78 is 10.3. The van der Waals surface area contributed by atoms with Crippen molar-refractivity contribution in [3.8, 4) is 5.75 Å². The number of carbonyl (C=O) groups is 1. The Balaban J connectivity index is 1.89. The molecule has 1 atom stereocenters.